The van der Waals surface area contributed by atoms with Gasteiger partial charge in [-0.2, -0.15) is 0 Å². The van der Waals surface area contributed by atoms with Gasteiger partial charge in [-0.1, -0.05) is 69.2 Å². The average molecular weight is 422 g/mol. The van der Waals surface area contributed by atoms with Gasteiger partial charge in [0, 0.05) is 0 Å². The summed E-state index contributed by atoms with van der Waals surface area (Å²) in [4.78, 5) is 34.0. The van der Waals surface area contributed by atoms with Gasteiger partial charge in [0.2, 0.25) is 0 Å². The Labute approximate surface area is 199 Å². The van der Waals surface area contributed by atoms with E-state index in [1.165, 1.54) is 12.1 Å². The van der Waals surface area contributed by atoms with Crippen molar-refractivity contribution in [3.63, 3.8) is 0 Å². The largest absolute Gasteiger partial charge is 1.00 e. The second kappa shape index (κ2) is 16.6. The number of hydrogen-bond acceptors (Lipinski definition) is 6. The van der Waals surface area contributed by atoms with Crippen LogP contribution in [0.2, 0.25) is 0 Å². The van der Waals surface area contributed by atoms with Crippen LogP contribution in [0.4, 0.5) is 0 Å². The van der Waals surface area contributed by atoms with Gasteiger partial charge in [-0.05, 0) is 30.5 Å². The van der Waals surface area contributed by atoms with E-state index in [4.69, 9.17) is 9.47 Å². The third-order valence-corrected chi connectivity index (χ3v) is 3.84. The zero-order valence-corrected chi connectivity index (χ0v) is 19.9. The molecule has 0 bridgehead atoms. The van der Waals surface area contributed by atoms with Crippen molar-refractivity contribution in [2.24, 2.45) is 0 Å². The molecular formula is C23H27NaO6. The average Bonchev–Trinajstić information content (AvgIpc) is 2.75. The number of carboxylic acids is 1. The molecule has 2 rings (SSSR count). The van der Waals surface area contributed by atoms with Crippen LogP contribution in [0.3, 0.4) is 0 Å². The molecule has 0 spiro atoms. The molecule has 2 aromatic carbocycles. The molecule has 0 radical (unpaired) electrons. The third-order valence-electron chi connectivity index (χ3n) is 3.84. The van der Waals surface area contributed by atoms with Crippen molar-refractivity contribution in [2.75, 3.05) is 13.2 Å². The van der Waals surface area contributed by atoms with Crippen molar-refractivity contribution in [2.45, 2.75) is 39.5 Å². The molecule has 0 N–H and O–H groups in total. The summed E-state index contributed by atoms with van der Waals surface area (Å²) in [5.74, 6) is -2.07. The summed E-state index contributed by atoms with van der Waals surface area (Å²) in [6.45, 7) is 4.78. The Morgan fingerprint density at radius 1 is 0.733 bits per heavy atom. The molecule has 0 saturated heterocycles. The smallest absolute Gasteiger partial charge is 0.545 e. The van der Waals surface area contributed by atoms with Crippen molar-refractivity contribution in [1.29, 1.82) is 0 Å². The van der Waals surface area contributed by atoms with Crippen LogP contribution < -0.4 is 34.7 Å². The summed E-state index contributed by atoms with van der Waals surface area (Å²) in [5.41, 5.74) is 0.757. The number of unbranched alkanes of at least 4 members (excludes halogenated alkanes) is 2. The van der Waals surface area contributed by atoms with Gasteiger partial charge in [0.05, 0.1) is 30.3 Å². The standard InChI is InChI=1S/C16H22O4.C7H6O2.Na/c1-3-5-11-19-15(17)13-9-7-8-10-14(13)16(18)20-12-6-4-2;8-7(9)6-4-2-1-3-5-6;/h7-10H,3-6,11-12H2,1-2H3;1-5H,(H,8,9);/q;;+1/p-1. The van der Waals surface area contributed by atoms with Crippen molar-refractivity contribution in [1.82, 2.24) is 0 Å². The number of carbonyl (C=O) groups excluding carboxylic acids is 3. The van der Waals surface area contributed by atoms with E-state index in [2.05, 4.69) is 0 Å². The second-order valence-corrected chi connectivity index (χ2v) is 6.18. The summed E-state index contributed by atoms with van der Waals surface area (Å²) in [6.07, 6.45) is 3.53. The van der Waals surface area contributed by atoms with Gasteiger partial charge in [-0.25, -0.2) is 9.59 Å². The fourth-order valence-corrected chi connectivity index (χ4v) is 2.19. The summed E-state index contributed by atoms with van der Waals surface area (Å²) < 4.78 is 10.3. The van der Waals surface area contributed by atoms with Crippen LogP contribution in [0, 0.1) is 0 Å². The predicted molar refractivity (Wildman–Crippen MR) is 108 cm³/mol. The molecule has 156 valence electrons. The molecular weight excluding hydrogens is 395 g/mol. The second-order valence-electron chi connectivity index (χ2n) is 6.18. The van der Waals surface area contributed by atoms with E-state index in [9.17, 15) is 19.5 Å². The Morgan fingerprint density at radius 2 is 1.13 bits per heavy atom. The monoisotopic (exact) mass is 422 g/mol. The number of carboxylic acid groups (broad SMARTS) is 1. The molecule has 0 amide bonds. The predicted octanol–water partition coefficient (Wildman–Crippen LogP) is 0.655. The van der Waals surface area contributed by atoms with Crippen molar-refractivity contribution in [3.8, 4) is 0 Å². The fraction of sp³-hybridized carbons (Fsp3) is 0.348. The maximum Gasteiger partial charge on any atom is 1.00 e. The number of hydrogen-bond donors (Lipinski definition) is 0. The Kier molecular flexibility index (Phi) is 15.4. The summed E-state index contributed by atoms with van der Waals surface area (Å²) in [7, 11) is 0. The van der Waals surface area contributed by atoms with Crippen LogP contribution in [-0.2, 0) is 9.47 Å². The van der Waals surface area contributed by atoms with Gasteiger partial charge >= 0.3 is 41.5 Å². The minimum absolute atomic E-state index is 0. The van der Waals surface area contributed by atoms with Gasteiger partial charge in [0.1, 0.15) is 0 Å². The van der Waals surface area contributed by atoms with Gasteiger partial charge < -0.3 is 19.4 Å². The number of esters is 2. The van der Waals surface area contributed by atoms with Crippen LogP contribution in [0.5, 0.6) is 0 Å². The van der Waals surface area contributed by atoms with Crippen molar-refractivity contribution < 1.29 is 58.5 Å². The van der Waals surface area contributed by atoms with Gasteiger partial charge in [0.25, 0.3) is 0 Å². The Balaban J connectivity index is 0.000000704. The van der Waals surface area contributed by atoms with E-state index < -0.39 is 17.9 Å². The quantitative estimate of drug-likeness (QED) is 0.335. The minimum Gasteiger partial charge on any atom is -0.545 e. The van der Waals surface area contributed by atoms with E-state index in [-0.39, 0.29) is 46.2 Å². The Hall–Kier alpha value is -2.15. The van der Waals surface area contributed by atoms with Gasteiger partial charge in [-0.3, -0.25) is 0 Å². The number of ether oxygens (including phenoxy) is 2. The van der Waals surface area contributed by atoms with Crippen LogP contribution in [0.1, 0.15) is 70.6 Å². The molecule has 0 unspecified atom stereocenters. The molecule has 0 saturated carbocycles. The number of rotatable bonds is 9. The first-order valence-electron chi connectivity index (χ1n) is 9.70. The van der Waals surface area contributed by atoms with Gasteiger partial charge in [0.15, 0.2) is 0 Å². The topological polar surface area (TPSA) is 92.7 Å². The first-order chi connectivity index (χ1) is 14.0. The van der Waals surface area contributed by atoms with E-state index >= 15 is 0 Å². The molecule has 0 aliphatic rings. The van der Waals surface area contributed by atoms with Crippen molar-refractivity contribution in [3.05, 3.63) is 71.3 Å². The summed E-state index contributed by atoms with van der Waals surface area (Å²) in [5, 5.41) is 10.1. The number of aromatic carboxylic acids is 1. The molecule has 0 atom stereocenters. The molecule has 6 nitrogen and oxygen atoms in total. The maximum absolute atomic E-state index is 11.9. The number of benzene rings is 2. The molecule has 0 aliphatic heterocycles. The van der Waals surface area contributed by atoms with Crippen LogP contribution in [-0.4, -0.2) is 31.1 Å². The number of carbonyl (C=O) groups is 3. The molecule has 0 aliphatic carbocycles. The van der Waals surface area contributed by atoms with Crippen LogP contribution >= 0.6 is 0 Å². The van der Waals surface area contributed by atoms with E-state index in [1.807, 2.05) is 13.8 Å². The Bertz CT molecular complexity index is 735. The normalized spacial score (nSPS) is 9.40. The molecule has 0 fully saturated rings. The van der Waals surface area contributed by atoms with E-state index in [1.54, 1.807) is 42.5 Å². The molecule has 30 heavy (non-hydrogen) atoms. The fourth-order valence-electron chi connectivity index (χ4n) is 2.19. The Morgan fingerprint density at radius 3 is 1.47 bits per heavy atom. The van der Waals surface area contributed by atoms with Gasteiger partial charge in [-0.15, -0.1) is 0 Å². The first-order valence-corrected chi connectivity index (χ1v) is 9.70. The molecule has 0 heterocycles. The summed E-state index contributed by atoms with van der Waals surface area (Å²) >= 11 is 0. The van der Waals surface area contributed by atoms with Crippen LogP contribution in [0.15, 0.2) is 54.6 Å². The minimum atomic E-state index is -1.13. The maximum atomic E-state index is 11.9. The molecule has 7 heteroatoms. The van der Waals surface area contributed by atoms with E-state index in [0.29, 0.717) is 13.2 Å². The van der Waals surface area contributed by atoms with Crippen LogP contribution in [0.25, 0.3) is 0 Å². The molecule has 0 aromatic heterocycles. The first kappa shape index (κ1) is 27.8. The van der Waals surface area contributed by atoms with Crippen molar-refractivity contribution >= 4 is 17.9 Å². The zero-order valence-electron chi connectivity index (χ0n) is 17.9. The molecule has 2 aromatic rings. The third kappa shape index (κ3) is 10.6. The zero-order chi connectivity index (χ0) is 21.5. The van der Waals surface area contributed by atoms with E-state index in [0.717, 1.165) is 25.7 Å². The SMILES string of the molecule is CCCCOC(=O)c1ccccc1C(=O)OCCCC.O=C([O-])c1ccccc1.[Na+]. The summed E-state index contributed by atoms with van der Waals surface area (Å²) in [6, 6.07) is 14.7.